The van der Waals surface area contributed by atoms with Gasteiger partial charge in [-0.3, -0.25) is 0 Å². The maximum absolute atomic E-state index is 12.1. The molecule has 0 atom stereocenters. The first kappa shape index (κ1) is 39.4. The zero-order valence-electron chi connectivity index (χ0n) is 37.4. The number of nitriles is 1. The Morgan fingerprint density at radius 2 is 0.871 bits per heavy atom. The topological polar surface area (TPSA) is 38.0 Å². The molecule has 0 unspecified atom stereocenters. The van der Waals surface area contributed by atoms with E-state index in [4.69, 9.17) is 4.85 Å². The van der Waals surface area contributed by atoms with Crippen LogP contribution in [0.3, 0.4) is 0 Å². The Morgan fingerprint density at radius 1 is 0.429 bits per heavy atom. The minimum absolute atomic E-state index is 0.438. The second-order valence-electron chi connectivity index (χ2n) is 18.1. The Morgan fingerprint density at radius 3 is 1.40 bits per heavy atom. The Hall–Kier alpha value is -8.56. The van der Waals surface area contributed by atoms with Crippen LogP contribution in [0.2, 0.25) is 0 Å². The highest BCUT2D eigenvalue weighted by atomic mass is 32.1. The molecule has 15 aromatic rings. The molecule has 4 nitrogen and oxygen atoms in total. The summed E-state index contributed by atoms with van der Waals surface area (Å²) in [6, 6.07) is 69.9. The zero-order chi connectivity index (χ0) is 46.4. The van der Waals surface area contributed by atoms with Gasteiger partial charge in [-0.2, -0.15) is 5.26 Å². The summed E-state index contributed by atoms with van der Waals surface area (Å²) in [7, 11) is 0. The predicted octanol–water partition coefficient (Wildman–Crippen LogP) is 19.0. The highest BCUT2D eigenvalue weighted by molar-refractivity contribution is 7.27. The van der Waals surface area contributed by atoms with E-state index in [0.717, 1.165) is 91.3 Å². The van der Waals surface area contributed by atoms with Crippen LogP contribution in [-0.4, -0.2) is 9.13 Å². The largest absolute Gasteiger partial charge is 0.316 e. The van der Waals surface area contributed by atoms with Crippen LogP contribution in [-0.2, 0) is 0 Å². The number of benzene rings is 10. The maximum atomic E-state index is 12.1. The molecule has 0 saturated heterocycles. The van der Waals surface area contributed by atoms with E-state index < -0.39 is 0 Å². The van der Waals surface area contributed by atoms with Crippen LogP contribution >= 0.6 is 34.0 Å². The van der Waals surface area contributed by atoms with Crippen molar-refractivity contribution in [1.82, 2.24) is 9.13 Å². The van der Waals surface area contributed by atoms with Crippen molar-refractivity contribution in [2.45, 2.75) is 6.92 Å². The maximum Gasteiger partial charge on any atom is 0.220 e. The van der Waals surface area contributed by atoms with Crippen LogP contribution in [0.15, 0.2) is 188 Å². The smallest absolute Gasteiger partial charge is 0.220 e. The standard InChI is InChI=1S/C63H34N4S3/c1-35-16-6-7-19-37(35)54-56(66-49-24-12-8-20-38(49)42-28-31-45-39-21-9-13-25-50(39)68-61(45)57(42)66)48(34-64)53(36-17-4-3-5-18-36)55(65-2)60(54)67-58-43(29-32-46-40-22-10-14-26-51(40)69-62(46)58)44-30-33-47-41-23-11-15-27-52(41)70-63(47)59(44)67/h3-33H,1H3. The fourth-order valence-electron chi connectivity index (χ4n) is 11.6. The van der Waals surface area contributed by atoms with Crippen LogP contribution < -0.4 is 0 Å². The summed E-state index contributed by atoms with van der Waals surface area (Å²) in [4.78, 5) is 4.69. The molecule has 10 aromatic carbocycles. The minimum atomic E-state index is 0.438. The zero-order valence-corrected chi connectivity index (χ0v) is 39.9. The van der Waals surface area contributed by atoms with Crippen LogP contribution in [0, 0.1) is 24.8 Å². The molecule has 0 radical (unpaired) electrons. The van der Waals surface area contributed by atoms with Gasteiger partial charge in [-0.25, -0.2) is 4.85 Å². The Labute approximate surface area is 412 Å². The summed E-state index contributed by atoms with van der Waals surface area (Å²) in [5, 5.41) is 23.8. The van der Waals surface area contributed by atoms with E-state index in [1.54, 1.807) is 11.3 Å². The number of aryl methyl sites for hydroxylation is 1. The average Bonchev–Trinajstić information content (AvgIpc) is 4.23. The third-order valence-electron chi connectivity index (χ3n) is 14.5. The molecule has 0 saturated carbocycles. The van der Waals surface area contributed by atoms with Crippen LogP contribution in [0.1, 0.15) is 11.1 Å². The first-order chi connectivity index (χ1) is 34.6. The van der Waals surface area contributed by atoms with Crippen molar-refractivity contribution in [3.05, 3.63) is 211 Å². The number of rotatable bonds is 4. The molecule has 0 aliphatic carbocycles. The fraction of sp³-hybridized carbons (Fsp3) is 0.0159. The fourth-order valence-corrected chi connectivity index (χ4v) is 15.3. The minimum Gasteiger partial charge on any atom is -0.316 e. The number of fused-ring (bicyclic) bond motifs is 18. The van der Waals surface area contributed by atoms with Gasteiger partial charge in [0.2, 0.25) is 5.69 Å². The van der Waals surface area contributed by atoms with Crippen molar-refractivity contribution < 1.29 is 0 Å². The third-order valence-corrected chi connectivity index (χ3v) is 18.1. The number of hydrogen-bond acceptors (Lipinski definition) is 4. The van der Waals surface area contributed by atoms with E-state index >= 15 is 0 Å². The molecule has 5 heterocycles. The van der Waals surface area contributed by atoms with E-state index in [1.165, 1.54) is 46.4 Å². The molecule has 0 fully saturated rings. The van der Waals surface area contributed by atoms with Gasteiger partial charge >= 0.3 is 0 Å². The molecule has 0 N–H and O–H groups in total. The van der Waals surface area contributed by atoms with Crippen LogP contribution in [0.25, 0.3) is 143 Å². The summed E-state index contributed by atoms with van der Waals surface area (Å²) >= 11 is 5.42. The number of aromatic nitrogens is 2. The van der Waals surface area contributed by atoms with Gasteiger partial charge in [-0.05, 0) is 47.9 Å². The lowest BCUT2D eigenvalue weighted by Gasteiger charge is -2.26. The van der Waals surface area contributed by atoms with E-state index in [1.807, 2.05) is 40.9 Å². The number of hydrogen-bond donors (Lipinski definition) is 0. The second-order valence-corrected chi connectivity index (χ2v) is 21.2. The highest BCUT2D eigenvalue weighted by Crippen LogP contribution is 2.56. The van der Waals surface area contributed by atoms with E-state index in [-0.39, 0.29) is 0 Å². The average molecular weight is 943 g/mol. The number of para-hydroxylation sites is 1. The van der Waals surface area contributed by atoms with Gasteiger partial charge in [0.1, 0.15) is 6.07 Å². The van der Waals surface area contributed by atoms with Crippen molar-refractivity contribution in [3.63, 3.8) is 0 Å². The highest BCUT2D eigenvalue weighted by Gasteiger charge is 2.34. The Bertz CT molecular complexity index is 4740. The van der Waals surface area contributed by atoms with Gasteiger partial charge in [0.25, 0.3) is 0 Å². The SMILES string of the molecule is [C-]#[N+]c1c(-c2ccccc2)c(C#N)c(-n2c3ccccc3c3ccc4c5ccccc5sc4c32)c(-c2ccccc2C)c1-n1c2c(ccc3c4ccccc4sc32)c2ccc3c4ccccc4sc3c21. The van der Waals surface area contributed by atoms with Crippen LogP contribution in [0.5, 0.6) is 0 Å². The van der Waals surface area contributed by atoms with Gasteiger partial charge in [0.05, 0.1) is 59.7 Å². The third kappa shape index (κ3) is 5.21. The van der Waals surface area contributed by atoms with E-state index in [0.29, 0.717) is 16.8 Å². The van der Waals surface area contributed by atoms with Gasteiger partial charge in [0.15, 0.2) is 0 Å². The lowest BCUT2D eigenvalue weighted by Crippen LogP contribution is -2.09. The lowest BCUT2D eigenvalue weighted by molar-refractivity contribution is 1.14. The molecule has 0 aliphatic heterocycles. The van der Waals surface area contributed by atoms with Gasteiger partial charge in [-0.15, -0.1) is 34.0 Å². The quantitative estimate of drug-likeness (QED) is 0.162. The molecule has 7 heteroatoms. The van der Waals surface area contributed by atoms with Crippen molar-refractivity contribution in [2.24, 2.45) is 0 Å². The molecule has 324 valence electrons. The first-order valence-corrected chi connectivity index (χ1v) is 25.7. The van der Waals surface area contributed by atoms with Gasteiger partial charge in [-0.1, -0.05) is 164 Å². The second kappa shape index (κ2) is 14.7. The number of thiophene rings is 3. The summed E-state index contributed by atoms with van der Waals surface area (Å²) in [6.07, 6.45) is 0. The molecule has 0 aliphatic rings. The molecule has 0 spiro atoms. The van der Waals surface area contributed by atoms with E-state index in [9.17, 15) is 11.8 Å². The molecule has 5 aromatic heterocycles. The molecule has 0 amide bonds. The Balaban J connectivity index is 1.28. The summed E-state index contributed by atoms with van der Waals surface area (Å²) in [5.74, 6) is 0. The summed E-state index contributed by atoms with van der Waals surface area (Å²) < 4.78 is 12.0. The first-order valence-electron chi connectivity index (χ1n) is 23.3. The van der Waals surface area contributed by atoms with Crippen molar-refractivity contribution in [1.29, 1.82) is 5.26 Å². The summed E-state index contributed by atoms with van der Waals surface area (Å²) in [6.45, 7) is 11.7. The van der Waals surface area contributed by atoms with E-state index in [2.05, 4.69) is 192 Å². The number of nitrogens with zero attached hydrogens (tertiary/aromatic N) is 4. The Kier molecular flexibility index (Phi) is 8.29. The van der Waals surface area contributed by atoms with Crippen molar-refractivity contribution in [2.75, 3.05) is 0 Å². The van der Waals surface area contributed by atoms with Gasteiger partial charge < -0.3 is 9.13 Å². The molecule has 0 bridgehead atoms. The monoisotopic (exact) mass is 942 g/mol. The van der Waals surface area contributed by atoms with Crippen LogP contribution in [0.4, 0.5) is 5.69 Å². The van der Waals surface area contributed by atoms with Crippen molar-refractivity contribution >= 4 is 144 Å². The normalized spacial score (nSPS) is 12.0. The lowest BCUT2D eigenvalue weighted by atomic mass is 9.87. The van der Waals surface area contributed by atoms with Crippen molar-refractivity contribution in [3.8, 4) is 39.7 Å². The van der Waals surface area contributed by atoms with Gasteiger partial charge in [0, 0.05) is 79.1 Å². The summed E-state index contributed by atoms with van der Waals surface area (Å²) in [5.41, 5.74) is 10.9. The molecular weight excluding hydrogens is 909 g/mol. The molecule has 15 rings (SSSR count). The predicted molar refractivity (Wildman–Crippen MR) is 300 cm³/mol. The molecular formula is C63H34N4S3. The molecule has 70 heavy (non-hydrogen) atoms.